The molecule has 4 N–H and O–H groups in total. The van der Waals surface area contributed by atoms with Crippen LogP contribution < -0.4 is 5.32 Å². The average molecular weight is 763 g/mol. The van der Waals surface area contributed by atoms with Crippen LogP contribution in [0.15, 0.2) is 73.4 Å². The molecule has 2 aromatic carbocycles. The van der Waals surface area contributed by atoms with Crippen LogP contribution >= 0.6 is 0 Å². The summed E-state index contributed by atoms with van der Waals surface area (Å²) < 4.78 is 6.44. The van der Waals surface area contributed by atoms with Gasteiger partial charge in [0.05, 0.1) is 49.3 Å². The minimum Gasteiger partial charge on any atom is -0.465 e. The number of carbonyl (C=O) groups is 4. The molecule has 0 spiro atoms. The van der Waals surface area contributed by atoms with Crippen molar-refractivity contribution in [3.8, 4) is 33.6 Å². The summed E-state index contributed by atoms with van der Waals surface area (Å²) in [7, 11) is 4.52. The van der Waals surface area contributed by atoms with Crippen molar-refractivity contribution in [1.29, 1.82) is 0 Å². The fourth-order valence-corrected chi connectivity index (χ4v) is 7.66. The van der Waals surface area contributed by atoms with Crippen molar-refractivity contribution in [2.45, 2.75) is 63.2 Å². The monoisotopic (exact) mass is 762 g/mol. The molecule has 0 bridgehead atoms. The number of aryl methyl sites for hydroxylation is 1. The summed E-state index contributed by atoms with van der Waals surface area (Å²) in [5.41, 5.74) is 6.41. The molecule has 4 atom stereocenters. The van der Waals surface area contributed by atoms with E-state index in [1.165, 1.54) is 14.2 Å². The van der Waals surface area contributed by atoms with E-state index in [1.807, 2.05) is 31.3 Å². The predicted molar refractivity (Wildman–Crippen MR) is 206 cm³/mol. The standard InChI is InChI=1S/C40H46N10O6/c1-24(44-39(53)56-4)37(51)49-17-5-7-32(49)35-42-21-30(45-35)27-13-9-25(10-14-27)26-11-15-28(16-12-26)31-22-43-36(46-31)33-8-6-18-50(33)38(52)34(48(3)40(54)55)19-29-20-41-23-47(29)2/h9-16,20-24,32-34H,5-8,17-19H2,1-4H3,(H,42,45)(H,43,46)(H,44,53)(H,54,55)/t24-,32-,33-,34-/m0/s1. The van der Waals surface area contributed by atoms with Gasteiger partial charge in [-0.05, 0) is 54.9 Å². The zero-order valence-corrected chi connectivity index (χ0v) is 31.8. The molecule has 3 aromatic heterocycles. The fourth-order valence-electron chi connectivity index (χ4n) is 7.66. The van der Waals surface area contributed by atoms with Gasteiger partial charge >= 0.3 is 12.2 Å². The summed E-state index contributed by atoms with van der Waals surface area (Å²) in [6, 6.07) is 14.2. The summed E-state index contributed by atoms with van der Waals surface area (Å²) >= 11 is 0. The Hall–Kier alpha value is -6.45. The number of ether oxygens (including phenoxy) is 1. The number of likely N-dealkylation sites (tertiary alicyclic amines) is 2. The van der Waals surface area contributed by atoms with Gasteiger partial charge in [-0.2, -0.15) is 0 Å². The number of nitrogens with one attached hydrogen (secondary N) is 3. The first-order valence-electron chi connectivity index (χ1n) is 18.7. The Bertz CT molecular complexity index is 2190. The summed E-state index contributed by atoms with van der Waals surface area (Å²) in [6.07, 6.45) is 8.37. The lowest BCUT2D eigenvalue weighted by Gasteiger charge is -2.31. The second-order valence-electron chi connectivity index (χ2n) is 14.4. The highest BCUT2D eigenvalue weighted by atomic mass is 16.5. The van der Waals surface area contributed by atoms with Crippen LogP contribution in [0.5, 0.6) is 0 Å². The molecule has 0 saturated carbocycles. The Morgan fingerprint density at radius 3 is 1.80 bits per heavy atom. The van der Waals surface area contributed by atoms with Crippen molar-refractivity contribution in [1.82, 2.24) is 49.5 Å². The fraction of sp³-hybridized carbons (Fsp3) is 0.375. The smallest absolute Gasteiger partial charge is 0.407 e. The largest absolute Gasteiger partial charge is 0.465 e. The third-order valence-electron chi connectivity index (χ3n) is 10.9. The Morgan fingerprint density at radius 1 is 0.839 bits per heavy atom. The van der Waals surface area contributed by atoms with Crippen LogP contribution in [0.25, 0.3) is 33.6 Å². The van der Waals surface area contributed by atoms with Gasteiger partial charge in [-0.25, -0.2) is 24.5 Å². The van der Waals surface area contributed by atoms with E-state index in [4.69, 9.17) is 0 Å². The number of hydrogen-bond acceptors (Lipinski definition) is 8. The summed E-state index contributed by atoms with van der Waals surface area (Å²) in [5, 5.41) is 12.3. The lowest BCUT2D eigenvalue weighted by molar-refractivity contribution is -0.137. The maximum Gasteiger partial charge on any atom is 0.407 e. The zero-order chi connectivity index (χ0) is 39.5. The molecular formula is C40H46N10O6. The minimum absolute atomic E-state index is 0.180. The van der Waals surface area contributed by atoms with Gasteiger partial charge in [-0.15, -0.1) is 0 Å². The minimum atomic E-state index is -1.17. The molecule has 7 rings (SSSR count). The normalized spacial score (nSPS) is 17.8. The van der Waals surface area contributed by atoms with Crippen LogP contribution in [0.1, 0.15) is 62.0 Å². The van der Waals surface area contributed by atoms with Gasteiger partial charge in [0, 0.05) is 45.5 Å². The maximum absolute atomic E-state index is 13.9. The second-order valence-corrected chi connectivity index (χ2v) is 14.4. The van der Waals surface area contributed by atoms with Gasteiger partial charge in [-0.1, -0.05) is 48.5 Å². The van der Waals surface area contributed by atoms with E-state index in [1.54, 1.807) is 46.2 Å². The molecule has 2 saturated heterocycles. The summed E-state index contributed by atoms with van der Waals surface area (Å²) in [6.45, 7) is 2.75. The van der Waals surface area contributed by atoms with Gasteiger partial charge < -0.3 is 39.5 Å². The zero-order valence-electron chi connectivity index (χ0n) is 31.8. The number of benzene rings is 2. The molecule has 16 nitrogen and oxygen atoms in total. The van der Waals surface area contributed by atoms with E-state index in [2.05, 4.69) is 59.2 Å². The van der Waals surface area contributed by atoms with Gasteiger partial charge in [0.15, 0.2) is 0 Å². The van der Waals surface area contributed by atoms with Gasteiger partial charge in [0.1, 0.15) is 23.7 Å². The maximum atomic E-state index is 13.9. The second kappa shape index (κ2) is 16.1. The predicted octanol–water partition coefficient (Wildman–Crippen LogP) is 5.16. The van der Waals surface area contributed by atoms with E-state index in [0.717, 1.165) is 69.9 Å². The number of methoxy groups -OCH3 is 1. The van der Waals surface area contributed by atoms with Gasteiger partial charge in [0.2, 0.25) is 11.8 Å². The number of aromatic amines is 2. The number of nitrogens with zero attached hydrogens (tertiary/aromatic N) is 7. The third-order valence-corrected chi connectivity index (χ3v) is 10.9. The highest BCUT2D eigenvalue weighted by Gasteiger charge is 2.39. The van der Waals surface area contributed by atoms with Crippen LogP contribution in [-0.4, -0.2) is 113 Å². The molecule has 2 fully saturated rings. The number of carbonyl (C=O) groups excluding carboxylic acids is 3. The molecule has 0 radical (unpaired) electrons. The lowest BCUT2D eigenvalue weighted by Crippen LogP contribution is -2.50. The molecular weight excluding hydrogens is 717 g/mol. The van der Waals surface area contributed by atoms with Crippen molar-refractivity contribution < 1.29 is 29.0 Å². The quantitative estimate of drug-likeness (QED) is 0.141. The molecule has 16 heteroatoms. The number of amides is 4. The summed E-state index contributed by atoms with van der Waals surface area (Å²) in [5.74, 6) is 0.941. The van der Waals surface area contributed by atoms with E-state index in [9.17, 15) is 24.3 Å². The molecule has 2 aliphatic rings. The first-order valence-corrected chi connectivity index (χ1v) is 18.7. The first-order chi connectivity index (χ1) is 27.0. The van der Waals surface area contributed by atoms with Gasteiger partial charge in [0.25, 0.3) is 0 Å². The number of hydrogen-bond donors (Lipinski definition) is 4. The molecule has 4 amide bonds. The van der Waals surface area contributed by atoms with Crippen LogP contribution in [0.3, 0.4) is 0 Å². The van der Waals surface area contributed by atoms with Crippen molar-refractivity contribution in [3.05, 3.63) is 90.8 Å². The number of rotatable bonds is 11. The van der Waals surface area contributed by atoms with Gasteiger partial charge in [-0.3, -0.25) is 14.5 Å². The SMILES string of the molecule is COC(=O)N[C@@H](C)C(=O)N1CCC[C@H]1c1ncc(-c2ccc(-c3ccc(-c4cnc([C@@H]5CCCN5C(=O)[C@H](Cc5cncn5C)N(C)C(=O)O)[nH]4)cc3)cc2)[nH]1. The Morgan fingerprint density at radius 2 is 1.34 bits per heavy atom. The van der Waals surface area contributed by atoms with Crippen molar-refractivity contribution in [2.24, 2.45) is 7.05 Å². The number of likely N-dealkylation sites (N-methyl/N-ethyl adjacent to an activating group) is 1. The molecule has 292 valence electrons. The van der Waals surface area contributed by atoms with Crippen molar-refractivity contribution >= 4 is 24.0 Å². The molecule has 5 aromatic rings. The number of imidazole rings is 3. The van der Waals surface area contributed by atoms with Crippen molar-refractivity contribution in [2.75, 3.05) is 27.2 Å². The van der Waals surface area contributed by atoms with E-state index < -0.39 is 24.3 Å². The molecule has 5 heterocycles. The van der Waals surface area contributed by atoms with E-state index >= 15 is 0 Å². The van der Waals surface area contributed by atoms with E-state index in [-0.39, 0.29) is 30.3 Å². The topological polar surface area (TPSA) is 195 Å². The highest BCUT2D eigenvalue weighted by Crippen LogP contribution is 2.35. The number of carboxylic acid groups (broad SMARTS) is 1. The van der Waals surface area contributed by atoms with Crippen molar-refractivity contribution in [3.63, 3.8) is 0 Å². The first kappa shape index (κ1) is 37.8. The number of aromatic nitrogens is 6. The van der Waals surface area contributed by atoms with Crippen LogP contribution in [-0.2, 0) is 27.8 Å². The van der Waals surface area contributed by atoms with Crippen LogP contribution in [0.4, 0.5) is 9.59 Å². The Labute approximate surface area is 323 Å². The Balaban J connectivity index is 1.00. The van der Waals surface area contributed by atoms with Crippen LogP contribution in [0.2, 0.25) is 0 Å². The molecule has 2 aliphatic heterocycles. The molecule has 0 aliphatic carbocycles. The number of alkyl carbamates (subject to hydrolysis) is 1. The summed E-state index contributed by atoms with van der Waals surface area (Å²) in [4.78, 5) is 75.5. The highest BCUT2D eigenvalue weighted by molar-refractivity contribution is 5.87. The lowest BCUT2D eigenvalue weighted by atomic mass is 10.0. The molecule has 0 unspecified atom stereocenters. The molecule has 56 heavy (non-hydrogen) atoms. The third kappa shape index (κ3) is 7.72. The van der Waals surface area contributed by atoms with Crippen LogP contribution in [0, 0.1) is 0 Å². The average Bonchev–Trinajstić information content (AvgIpc) is 4.06. The van der Waals surface area contributed by atoms with E-state index in [0.29, 0.717) is 24.7 Å². The Kier molecular flexibility index (Phi) is 10.9. The number of H-pyrrole nitrogens is 2.